The van der Waals surface area contributed by atoms with E-state index in [2.05, 4.69) is 15.5 Å². The summed E-state index contributed by atoms with van der Waals surface area (Å²) in [6, 6.07) is -2.29. The fourth-order valence-corrected chi connectivity index (χ4v) is 5.86. The number of nitrogens with one attached hydrogen (secondary N) is 1. The minimum Gasteiger partial charge on any atom is -0.449 e. The summed E-state index contributed by atoms with van der Waals surface area (Å²) in [7, 11) is 2.98. The van der Waals surface area contributed by atoms with Crippen LogP contribution in [0.15, 0.2) is 10.5 Å². The molecule has 3 rings (SSSR count). The Morgan fingerprint density at radius 1 is 1.25 bits per heavy atom. The standard InChI is InChI=1S/C22H30N6O10S2/c1-9(2)36-22(33)38-10(3)37-19(31)15-11(6-35-21(32)27(4)5)7-39-18-14(17(30)28(15)18)25-16(29)13(26-34)12-8-40-20(23)24-12/h8-11,14-15,18,34H,6-7H2,1-5H3,(H2,23,24)(H,25,29)/b26-13+. The van der Waals surface area contributed by atoms with Crippen LogP contribution in [0.2, 0.25) is 0 Å². The normalized spacial score (nSPS) is 22.9. The van der Waals surface area contributed by atoms with E-state index in [4.69, 9.17) is 24.7 Å². The highest BCUT2D eigenvalue weighted by Gasteiger charge is 2.58. The lowest BCUT2D eigenvalue weighted by atomic mass is 9.93. The Morgan fingerprint density at radius 3 is 2.52 bits per heavy atom. The molecule has 40 heavy (non-hydrogen) atoms. The highest BCUT2D eigenvalue weighted by Crippen LogP contribution is 2.41. The third kappa shape index (κ3) is 7.04. The van der Waals surface area contributed by atoms with Crippen LogP contribution in [0.5, 0.6) is 0 Å². The maximum Gasteiger partial charge on any atom is 0.511 e. The molecule has 3 amide bonds. The van der Waals surface area contributed by atoms with E-state index in [0.29, 0.717) is 0 Å². The number of oxime groups is 1. The summed E-state index contributed by atoms with van der Waals surface area (Å²) < 4.78 is 20.4. The first-order chi connectivity index (χ1) is 18.8. The lowest BCUT2D eigenvalue weighted by Crippen LogP contribution is -2.76. The summed E-state index contributed by atoms with van der Waals surface area (Å²) in [5, 5.41) is 15.7. The summed E-state index contributed by atoms with van der Waals surface area (Å²) in [5.41, 5.74) is 5.16. The zero-order valence-electron chi connectivity index (χ0n) is 22.3. The van der Waals surface area contributed by atoms with Gasteiger partial charge in [-0.2, -0.15) is 0 Å². The number of nitrogen functional groups attached to an aromatic ring is 1. The molecule has 16 nitrogen and oxygen atoms in total. The van der Waals surface area contributed by atoms with Crippen molar-refractivity contribution >= 4 is 64.0 Å². The molecule has 18 heteroatoms. The number of amides is 3. The number of anilines is 1. The molecule has 0 aliphatic carbocycles. The van der Waals surface area contributed by atoms with Crippen molar-refractivity contribution in [1.29, 1.82) is 0 Å². The van der Waals surface area contributed by atoms with Crippen LogP contribution in [0.25, 0.3) is 0 Å². The van der Waals surface area contributed by atoms with Gasteiger partial charge in [0.15, 0.2) is 10.8 Å². The summed E-state index contributed by atoms with van der Waals surface area (Å²) in [5.74, 6) is -2.84. The second kappa shape index (κ2) is 13.0. The van der Waals surface area contributed by atoms with Gasteiger partial charge < -0.3 is 45.0 Å². The fourth-order valence-electron chi connectivity index (χ4n) is 3.82. The lowest BCUT2D eigenvalue weighted by molar-refractivity contribution is -0.185. The van der Waals surface area contributed by atoms with Gasteiger partial charge in [0.25, 0.3) is 5.91 Å². The van der Waals surface area contributed by atoms with Crippen molar-refractivity contribution in [2.75, 3.05) is 32.2 Å². The van der Waals surface area contributed by atoms with Crippen molar-refractivity contribution in [1.82, 2.24) is 20.1 Å². The Labute approximate surface area is 237 Å². The van der Waals surface area contributed by atoms with E-state index < -0.39 is 71.5 Å². The second-order valence-electron chi connectivity index (χ2n) is 9.16. The van der Waals surface area contributed by atoms with Crippen molar-refractivity contribution in [3.05, 3.63) is 11.1 Å². The van der Waals surface area contributed by atoms with Gasteiger partial charge in [0.05, 0.1) is 12.7 Å². The summed E-state index contributed by atoms with van der Waals surface area (Å²) >= 11 is 2.28. The average Bonchev–Trinajstić information content (AvgIpc) is 3.30. The molecule has 1 aromatic heterocycles. The molecule has 220 valence electrons. The van der Waals surface area contributed by atoms with Gasteiger partial charge in [-0.25, -0.2) is 19.4 Å². The van der Waals surface area contributed by atoms with Crippen LogP contribution >= 0.6 is 23.1 Å². The molecule has 3 heterocycles. The first-order valence-electron chi connectivity index (χ1n) is 11.9. The number of hydrogen-bond acceptors (Lipinski definition) is 15. The first kappa shape index (κ1) is 30.7. The molecule has 0 aromatic carbocycles. The van der Waals surface area contributed by atoms with Crippen LogP contribution in [0.4, 0.5) is 14.7 Å². The van der Waals surface area contributed by atoms with E-state index in [-0.39, 0.29) is 23.2 Å². The summed E-state index contributed by atoms with van der Waals surface area (Å²) in [6.07, 6.45) is -3.50. The van der Waals surface area contributed by atoms with Crippen molar-refractivity contribution in [2.45, 2.75) is 50.6 Å². The number of thiazole rings is 1. The monoisotopic (exact) mass is 602 g/mol. The van der Waals surface area contributed by atoms with E-state index >= 15 is 0 Å². The van der Waals surface area contributed by atoms with Gasteiger partial charge in [0.2, 0.25) is 12.2 Å². The third-order valence-electron chi connectivity index (χ3n) is 5.58. The second-order valence-corrected chi connectivity index (χ2v) is 11.2. The molecule has 2 fully saturated rings. The SMILES string of the molecule is CC(C)OC(=O)OC(C)OC(=O)C1C(COC(=O)N(C)C)CSC2C(NC(=O)/C(=N/O)c3csc(N)n3)C(=O)N21. The number of thioether (sulfide) groups is 1. The fraction of sp³-hybridized carbons (Fsp3) is 0.591. The largest absolute Gasteiger partial charge is 0.511 e. The Balaban J connectivity index is 1.74. The van der Waals surface area contributed by atoms with E-state index in [1.165, 1.54) is 48.0 Å². The van der Waals surface area contributed by atoms with Gasteiger partial charge in [-0.1, -0.05) is 5.16 Å². The Hall–Kier alpha value is -3.80. The topological polar surface area (TPSA) is 212 Å². The molecular formula is C22H30N6O10S2. The number of carbonyl (C=O) groups is 5. The van der Waals surface area contributed by atoms with Gasteiger partial charge in [0, 0.05) is 38.1 Å². The number of nitrogens with two attached hydrogens (primary N) is 1. The average molecular weight is 603 g/mol. The summed E-state index contributed by atoms with van der Waals surface area (Å²) in [6.45, 7) is 4.32. The number of fused-ring (bicyclic) bond motifs is 1. The van der Waals surface area contributed by atoms with Gasteiger partial charge >= 0.3 is 18.2 Å². The highest BCUT2D eigenvalue weighted by atomic mass is 32.2. The molecule has 0 bridgehead atoms. The number of β-lactam (4-membered cyclic amide) rings is 1. The first-order valence-corrected chi connectivity index (χ1v) is 13.9. The van der Waals surface area contributed by atoms with Crippen molar-refractivity contribution in [2.24, 2.45) is 11.1 Å². The van der Waals surface area contributed by atoms with Crippen LogP contribution in [-0.2, 0) is 33.3 Å². The molecule has 1 aromatic rings. The molecule has 0 radical (unpaired) electrons. The molecule has 2 aliphatic rings. The predicted molar refractivity (Wildman–Crippen MR) is 140 cm³/mol. The minimum absolute atomic E-state index is 0.0247. The van der Waals surface area contributed by atoms with Crippen molar-refractivity contribution in [3.63, 3.8) is 0 Å². The van der Waals surface area contributed by atoms with E-state index in [1.54, 1.807) is 13.8 Å². The molecule has 5 unspecified atom stereocenters. The van der Waals surface area contributed by atoms with E-state index in [0.717, 1.165) is 11.3 Å². The van der Waals surface area contributed by atoms with E-state index in [1.807, 2.05) is 0 Å². The number of hydrogen-bond donors (Lipinski definition) is 3. The Morgan fingerprint density at radius 2 is 1.95 bits per heavy atom. The number of aromatic nitrogens is 1. The van der Waals surface area contributed by atoms with Crippen LogP contribution in [0, 0.1) is 5.92 Å². The summed E-state index contributed by atoms with van der Waals surface area (Å²) in [4.78, 5) is 69.3. The molecule has 2 saturated heterocycles. The van der Waals surface area contributed by atoms with Crippen LogP contribution in [0.1, 0.15) is 26.5 Å². The molecule has 0 saturated carbocycles. The van der Waals surface area contributed by atoms with Crippen molar-refractivity contribution in [3.8, 4) is 0 Å². The predicted octanol–water partition coefficient (Wildman–Crippen LogP) is 0.437. The Bertz CT molecular complexity index is 1170. The number of nitrogens with zero attached hydrogens (tertiary/aromatic N) is 4. The highest BCUT2D eigenvalue weighted by molar-refractivity contribution is 8.00. The molecule has 5 atom stereocenters. The third-order valence-corrected chi connectivity index (χ3v) is 7.71. The van der Waals surface area contributed by atoms with Gasteiger partial charge in [-0.15, -0.1) is 23.1 Å². The van der Waals surface area contributed by atoms with Crippen LogP contribution in [-0.4, -0.2) is 112 Å². The number of ether oxygens (including phenoxy) is 4. The molecule has 2 aliphatic heterocycles. The van der Waals surface area contributed by atoms with E-state index in [9.17, 15) is 29.2 Å². The number of rotatable bonds is 9. The van der Waals surface area contributed by atoms with Crippen LogP contribution < -0.4 is 11.1 Å². The maximum atomic E-state index is 13.2. The van der Waals surface area contributed by atoms with Gasteiger partial charge in [0.1, 0.15) is 23.2 Å². The minimum atomic E-state index is -1.35. The van der Waals surface area contributed by atoms with Crippen LogP contribution in [0.3, 0.4) is 0 Å². The smallest absolute Gasteiger partial charge is 0.449 e. The van der Waals surface area contributed by atoms with Crippen molar-refractivity contribution < 1.29 is 48.1 Å². The zero-order valence-corrected chi connectivity index (χ0v) is 23.9. The van der Waals surface area contributed by atoms with Gasteiger partial charge in [-0.3, -0.25) is 9.59 Å². The number of esters is 1. The lowest BCUT2D eigenvalue weighted by Gasteiger charge is -2.54. The zero-order chi connectivity index (χ0) is 29.7. The quantitative estimate of drug-likeness (QED) is 0.0666. The maximum absolute atomic E-state index is 13.2. The van der Waals surface area contributed by atoms with Gasteiger partial charge in [-0.05, 0) is 13.8 Å². The number of carbonyl (C=O) groups excluding carboxylic acids is 5. The molecular weight excluding hydrogens is 572 g/mol. The Kier molecular flexibility index (Phi) is 10.0. The molecule has 0 spiro atoms. The molecule has 4 N–H and O–H groups in total.